The summed E-state index contributed by atoms with van der Waals surface area (Å²) in [6.07, 6.45) is 1.61. The quantitative estimate of drug-likeness (QED) is 0.398. The zero-order valence-corrected chi connectivity index (χ0v) is 19.6. The molecule has 0 spiro atoms. The highest BCUT2D eigenvalue weighted by molar-refractivity contribution is 7.91. The van der Waals surface area contributed by atoms with E-state index in [1.54, 1.807) is 31.3 Å². The largest absolute Gasteiger partial charge is 0.465 e. The number of carbonyl (C=O) groups excluding carboxylic acids is 1. The number of amidine groups is 1. The van der Waals surface area contributed by atoms with Crippen LogP contribution in [0.2, 0.25) is 0 Å². The number of hydrogen-bond acceptors (Lipinski definition) is 6. The Hall–Kier alpha value is -3.64. The minimum absolute atomic E-state index is 0.00817. The van der Waals surface area contributed by atoms with E-state index in [1.165, 1.54) is 22.0 Å². The van der Waals surface area contributed by atoms with E-state index >= 15 is 0 Å². The molecule has 2 aromatic rings. The molecule has 1 heterocycles. The van der Waals surface area contributed by atoms with E-state index in [1.807, 2.05) is 0 Å². The Bertz CT molecular complexity index is 1240. The van der Waals surface area contributed by atoms with Crippen LogP contribution in [0.25, 0.3) is 0 Å². The van der Waals surface area contributed by atoms with Crippen LogP contribution in [0.3, 0.4) is 0 Å². The normalized spacial score (nSPS) is 13.8. The second-order valence-electron chi connectivity index (χ2n) is 7.70. The molecular formula is C23H24F2N4O5S. The van der Waals surface area contributed by atoms with Gasteiger partial charge in [0.15, 0.2) is 9.84 Å². The second kappa shape index (κ2) is 11.2. The average Bonchev–Trinajstić information content (AvgIpc) is 3.29. The van der Waals surface area contributed by atoms with Gasteiger partial charge >= 0.3 is 6.09 Å². The molecule has 0 aliphatic carbocycles. The molecule has 35 heavy (non-hydrogen) atoms. The third-order valence-corrected chi connectivity index (χ3v) is 6.72. The van der Waals surface area contributed by atoms with Crippen LogP contribution in [-0.2, 0) is 21.2 Å². The minimum Gasteiger partial charge on any atom is -0.465 e. The van der Waals surface area contributed by atoms with Gasteiger partial charge < -0.3 is 10.0 Å². The smallest absolute Gasteiger partial charge is 0.413 e. The van der Waals surface area contributed by atoms with Crippen LogP contribution >= 0.6 is 0 Å². The molecule has 0 radical (unpaired) electrons. The molecule has 2 aromatic carbocycles. The molecular weight excluding hydrogens is 482 g/mol. The summed E-state index contributed by atoms with van der Waals surface area (Å²) in [7, 11) is -2.64. The molecule has 0 bridgehead atoms. The number of amides is 2. The maximum absolute atomic E-state index is 13.7. The maximum Gasteiger partial charge on any atom is 0.413 e. The van der Waals surface area contributed by atoms with Gasteiger partial charge in [-0.1, -0.05) is 36.4 Å². The van der Waals surface area contributed by atoms with Crippen molar-refractivity contribution in [3.05, 3.63) is 77.4 Å². The molecule has 0 saturated heterocycles. The molecule has 9 nitrogen and oxygen atoms in total. The van der Waals surface area contributed by atoms with Crippen molar-refractivity contribution in [1.82, 2.24) is 15.1 Å². The van der Waals surface area contributed by atoms with Gasteiger partial charge in [0, 0.05) is 31.8 Å². The minimum atomic E-state index is -4.23. The first-order valence-electron chi connectivity index (χ1n) is 10.5. The highest BCUT2D eigenvalue weighted by Gasteiger charge is 2.24. The van der Waals surface area contributed by atoms with Crippen LogP contribution in [0.1, 0.15) is 11.1 Å². The lowest BCUT2D eigenvalue weighted by molar-refractivity contribution is -0.125. The number of nitrogens with zero attached hydrogens (tertiary/aromatic N) is 3. The van der Waals surface area contributed by atoms with Crippen molar-refractivity contribution in [2.45, 2.75) is 11.4 Å². The summed E-state index contributed by atoms with van der Waals surface area (Å²) in [5.74, 6) is -2.97. The van der Waals surface area contributed by atoms with Gasteiger partial charge in [-0.05, 0) is 17.7 Å². The SMILES string of the molecule is CN(Cc1ccc(C2=NCCN2C(=O)O)cc1)C(=O)/C=C/CNCS(=O)(=O)c1c(F)cccc1F. The van der Waals surface area contributed by atoms with Crippen LogP contribution in [0.4, 0.5) is 13.6 Å². The van der Waals surface area contributed by atoms with Crippen LogP contribution < -0.4 is 5.32 Å². The Balaban J connectivity index is 1.49. The Kier molecular flexibility index (Phi) is 8.30. The Labute approximate surface area is 201 Å². The van der Waals surface area contributed by atoms with Crippen molar-refractivity contribution in [1.29, 1.82) is 0 Å². The highest BCUT2D eigenvalue weighted by atomic mass is 32.2. The van der Waals surface area contributed by atoms with E-state index < -0.39 is 38.3 Å². The molecule has 0 saturated carbocycles. The van der Waals surface area contributed by atoms with Crippen molar-refractivity contribution in [2.75, 3.05) is 32.6 Å². The zero-order valence-electron chi connectivity index (χ0n) is 18.8. The fraction of sp³-hybridized carbons (Fsp3) is 0.261. The molecule has 2 amide bonds. The molecule has 186 valence electrons. The first-order chi connectivity index (χ1) is 16.6. The van der Waals surface area contributed by atoms with Gasteiger partial charge in [-0.25, -0.2) is 22.0 Å². The first-order valence-corrected chi connectivity index (χ1v) is 12.2. The lowest BCUT2D eigenvalue weighted by Gasteiger charge is -2.17. The monoisotopic (exact) mass is 506 g/mol. The number of sulfone groups is 1. The van der Waals surface area contributed by atoms with Crippen LogP contribution in [0, 0.1) is 11.6 Å². The van der Waals surface area contributed by atoms with E-state index in [2.05, 4.69) is 10.3 Å². The van der Waals surface area contributed by atoms with Gasteiger partial charge in [0.1, 0.15) is 28.2 Å². The molecule has 2 N–H and O–H groups in total. The third-order valence-electron chi connectivity index (χ3n) is 5.12. The van der Waals surface area contributed by atoms with Crippen molar-refractivity contribution in [3.8, 4) is 0 Å². The lowest BCUT2D eigenvalue weighted by atomic mass is 10.1. The van der Waals surface area contributed by atoms with Gasteiger partial charge in [-0.2, -0.15) is 0 Å². The summed E-state index contributed by atoms with van der Waals surface area (Å²) >= 11 is 0. The lowest BCUT2D eigenvalue weighted by Crippen LogP contribution is -2.33. The summed E-state index contributed by atoms with van der Waals surface area (Å²) in [6.45, 7) is 1.00. The zero-order chi connectivity index (χ0) is 25.6. The summed E-state index contributed by atoms with van der Waals surface area (Å²) < 4.78 is 51.7. The van der Waals surface area contributed by atoms with E-state index in [4.69, 9.17) is 0 Å². The number of nitrogens with one attached hydrogen (secondary N) is 1. The number of halogens is 2. The Morgan fingerprint density at radius 2 is 1.83 bits per heavy atom. The van der Waals surface area contributed by atoms with E-state index in [0.29, 0.717) is 24.5 Å². The van der Waals surface area contributed by atoms with Gasteiger partial charge in [0.25, 0.3) is 0 Å². The van der Waals surface area contributed by atoms with Crippen LogP contribution in [0.5, 0.6) is 0 Å². The molecule has 12 heteroatoms. The number of benzene rings is 2. The molecule has 0 atom stereocenters. The summed E-state index contributed by atoms with van der Waals surface area (Å²) in [5, 5.41) is 11.8. The predicted octanol–water partition coefficient (Wildman–Crippen LogP) is 2.24. The number of aliphatic imine (C=N–C) groups is 1. The number of likely N-dealkylation sites (N-methyl/N-ethyl adjacent to an activating group) is 1. The van der Waals surface area contributed by atoms with Crippen LogP contribution in [-0.4, -0.2) is 73.7 Å². The molecule has 1 aliphatic rings. The summed E-state index contributed by atoms with van der Waals surface area (Å²) in [5.41, 5.74) is 1.48. The van der Waals surface area contributed by atoms with Crippen molar-refractivity contribution < 1.29 is 31.9 Å². The van der Waals surface area contributed by atoms with Gasteiger partial charge in [-0.15, -0.1) is 0 Å². The second-order valence-corrected chi connectivity index (χ2v) is 9.62. The van der Waals surface area contributed by atoms with Crippen molar-refractivity contribution in [2.24, 2.45) is 4.99 Å². The predicted molar refractivity (Wildman–Crippen MR) is 125 cm³/mol. The van der Waals surface area contributed by atoms with Crippen molar-refractivity contribution >= 4 is 27.7 Å². The Morgan fingerprint density at radius 3 is 2.46 bits per heavy atom. The van der Waals surface area contributed by atoms with E-state index in [9.17, 15) is 31.9 Å². The van der Waals surface area contributed by atoms with Gasteiger partial charge in [0.2, 0.25) is 5.91 Å². The standard InChI is InChI=1S/C23H24F2N4O5S/c1-28(14-16-7-9-17(10-8-16)22-27-12-13-29(22)23(31)32)20(30)6-3-11-26-15-35(33,34)21-18(24)4-2-5-19(21)25/h2-10,26H,11-15H2,1H3,(H,31,32)/b6-3+. The van der Waals surface area contributed by atoms with E-state index in [0.717, 1.165) is 23.8 Å². The first kappa shape index (κ1) is 26.0. The summed E-state index contributed by atoms with van der Waals surface area (Å²) in [4.78, 5) is 29.4. The fourth-order valence-corrected chi connectivity index (χ4v) is 4.67. The molecule has 0 fully saturated rings. The molecule has 0 unspecified atom stereocenters. The highest BCUT2D eigenvalue weighted by Crippen LogP contribution is 2.19. The van der Waals surface area contributed by atoms with Crippen molar-refractivity contribution in [3.63, 3.8) is 0 Å². The number of hydrogen-bond donors (Lipinski definition) is 2. The van der Waals surface area contributed by atoms with Crippen LogP contribution in [0.15, 0.2) is 64.5 Å². The summed E-state index contributed by atoms with van der Waals surface area (Å²) in [6, 6.07) is 9.85. The topological polar surface area (TPSA) is 119 Å². The number of carbonyl (C=O) groups is 2. The van der Waals surface area contributed by atoms with Gasteiger partial charge in [0.05, 0.1) is 13.1 Å². The third kappa shape index (κ3) is 6.49. The molecule has 1 aliphatic heterocycles. The fourth-order valence-electron chi connectivity index (χ4n) is 3.41. The number of carboxylic acid groups (broad SMARTS) is 1. The van der Waals surface area contributed by atoms with Gasteiger partial charge in [-0.3, -0.25) is 20.0 Å². The average molecular weight is 507 g/mol. The maximum atomic E-state index is 13.7. The Morgan fingerprint density at radius 1 is 1.17 bits per heavy atom. The molecule has 0 aromatic heterocycles. The number of rotatable bonds is 9. The molecule has 3 rings (SSSR count). The van der Waals surface area contributed by atoms with E-state index in [-0.39, 0.29) is 19.0 Å².